The summed E-state index contributed by atoms with van der Waals surface area (Å²) in [5.74, 6) is 0.0322. The van der Waals surface area contributed by atoms with Crippen molar-refractivity contribution in [1.82, 2.24) is 9.80 Å². The smallest absolute Gasteiger partial charge is 0.256 e. The highest BCUT2D eigenvalue weighted by Gasteiger charge is 2.29. The summed E-state index contributed by atoms with van der Waals surface area (Å²) in [5, 5.41) is 9.44. The van der Waals surface area contributed by atoms with Gasteiger partial charge in [0.1, 0.15) is 0 Å². The van der Waals surface area contributed by atoms with Gasteiger partial charge in [-0.25, -0.2) is 0 Å². The zero-order valence-electron chi connectivity index (χ0n) is 13.4. The van der Waals surface area contributed by atoms with Gasteiger partial charge in [0.25, 0.3) is 5.91 Å². The number of carbonyl (C=O) groups is 1. The van der Waals surface area contributed by atoms with E-state index in [-0.39, 0.29) is 12.0 Å². The summed E-state index contributed by atoms with van der Waals surface area (Å²) in [5.41, 5.74) is 0.903. The van der Waals surface area contributed by atoms with Crippen LogP contribution in [0.5, 0.6) is 0 Å². The van der Waals surface area contributed by atoms with Gasteiger partial charge >= 0.3 is 0 Å². The summed E-state index contributed by atoms with van der Waals surface area (Å²) in [6.07, 6.45) is -0.850. The van der Waals surface area contributed by atoms with Gasteiger partial charge in [0.2, 0.25) is 0 Å². The van der Waals surface area contributed by atoms with Crippen molar-refractivity contribution in [3.63, 3.8) is 0 Å². The molecule has 1 saturated heterocycles. The summed E-state index contributed by atoms with van der Waals surface area (Å²) in [4.78, 5) is 16.8. The van der Waals surface area contributed by atoms with Gasteiger partial charge in [0, 0.05) is 39.3 Å². The molecule has 122 valence electrons. The predicted octanol–water partition coefficient (Wildman–Crippen LogP) is 1.29. The SMILES string of the molecule is CCO[C@@H](C(=O)N1CCN(C[C@H](C)O)CC1)c1ccccc1. The van der Waals surface area contributed by atoms with Gasteiger partial charge in [-0.2, -0.15) is 0 Å². The first-order valence-electron chi connectivity index (χ1n) is 7.97. The molecule has 0 spiro atoms. The zero-order valence-corrected chi connectivity index (χ0v) is 13.4. The fraction of sp³-hybridized carbons (Fsp3) is 0.588. The molecular formula is C17H26N2O3. The molecule has 2 rings (SSSR count). The van der Waals surface area contributed by atoms with Crippen LogP contribution in [-0.4, -0.2) is 66.2 Å². The molecule has 1 aromatic carbocycles. The topological polar surface area (TPSA) is 53.0 Å². The highest BCUT2D eigenvalue weighted by molar-refractivity contribution is 5.82. The number of nitrogens with zero attached hydrogens (tertiary/aromatic N) is 2. The quantitative estimate of drug-likeness (QED) is 0.860. The zero-order chi connectivity index (χ0) is 15.9. The van der Waals surface area contributed by atoms with Gasteiger partial charge in [-0.05, 0) is 19.4 Å². The highest BCUT2D eigenvalue weighted by atomic mass is 16.5. The summed E-state index contributed by atoms with van der Waals surface area (Å²) < 4.78 is 5.69. The van der Waals surface area contributed by atoms with E-state index in [0.717, 1.165) is 18.7 Å². The number of aliphatic hydroxyl groups excluding tert-OH is 1. The second-order valence-electron chi connectivity index (χ2n) is 5.72. The lowest BCUT2D eigenvalue weighted by Gasteiger charge is -2.36. The lowest BCUT2D eigenvalue weighted by Crippen LogP contribution is -2.51. The van der Waals surface area contributed by atoms with Gasteiger partial charge < -0.3 is 14.7 Å². The fourth-order valence-corrected chi connectivity index (χ4v) is 2.79. The lowest BCUT2D eigenvalue weighted by molar-refractivity contribution is -0.146. The molecule has 5 nitrogen and oxygen atoms in total. The molecular weight excluding hydrogens is 280 g/mol. The molecule has 1 aliphatic heterocycles. The molecule has 2 atom stereocenters. The van der Waals surface area contributed by atoms with Crippen molar-refractivity contribution in [2.75, 3.05) is 39.3 Å². The third-order valence-electron chi connectivity index (χ3n) is 3.87. The third kappa shape index (κ3) is 4.53. The minimum Gasteiger partial charge on any atom is -0.392 e. The normalized spacial score (nSPS) is 19.0. The molecule has 0 aliphatic carbocycles. The molecule has 0 bridgehead atoms. The number of rotatable bonds is 6. The Hall–Kier alpha value is -1.43. The summed E-state index contributed by atoms with van der Waals surface area (Å²) in [6, 6.07) is 9.65. The van der Waals surface area contributed by atoms with Crippen molar-refractivity contribution in [2.45, 2.75) is 26.1 Å². The molecule has 0 unspecified atom stereocenters. The number of amides is 1. The Labute approximate surface area is 132 Å². The summed E-state index contributed by atoms with van der Waals surface area (Å²) in [6.45, 7) is 7.82. The van der Waals surface area contributed by atoms with E-state index in [2.05, 4.69) is 4.90 Å². The molecule has 1 aliphatic rings. The van der Waals surface area contributed by atoms with E-state index in [0.29, 0.717) is 26.2 Å². The van der Waals surface area contributed by atoms with Crippen molar-refractivity contribution >= 4 is 5.91 Å². The molecule has 22 heavy (non-hydrogen) atoms. The van der Waals surface area contributed by atoms with Crippen LogP contribution in [0.1, 0.15) is 25.5 Å². The lowest BCUT2D eigenvalue weighted by atomic mass is 10.1. The summed E-state index contributed by atoms with van der Waals surface area (Å²) in [7, 11) is 0. The van der Waals surface area contributed by atoms with Crippen molar-refractivity contribution in [1.29, 1.82) is 0 Å². The highest BCUT2D eigenvalue weighted by Crippen LogP contribution is 2.21. The number of ether oxygens (including phenoxy) is 1. The Morgan fingerprint density at radius 1 is 1.23 bits per heavy atom. The number of hydrogen-bond acceptors (Lipinski definition) is 4. The summed E-state index contributed by atoms with van der Waals surface area (Å²) >= 11 is 0. The minimum atomic E-state index is -0.519. The van der Waals surface area contributed by atoms with Crippen LogP contribution in [0.25, 0.3) is 0 Å². The van der Waals surface area contributed by atoms with Crippen LogP contribution >= 0.6 is 0 Å². The van der Waals surface area contributed by atoms with Crippen LogP contribution in [0, 0.1) is 0 Å². The van der Waals surface area contributed by atoms with Gasteiger partial charge in [0.15, 0.2) is 6.10 Å². The van der Waals surface area contributed by atoms with Crippen LogP contribution in [0.4, 0.5) is 0 Å². The molecule has 1 fully saturated rings. The van der Waals surface area contributed by atoms with Gasteiger partial charge in [-0.1, -0.05) is 30.3 Å². The first-order valence-corrected chi connectivity index (χ1v) is 7.97. The van der Waals surface area contributed by atoms with Gasteiger partial charge in [-0.15, -0.1) is 0 Å². The van der Waals surface area contributed by atoms with E-state index in [1.54, 1.807) is 6.92 Å². The van der Waals surface area contributed by atoms with E-state index in [4.69, 9.17) is 4.74 Å². The monoisotopic (exact) mass is 306 g/mol. The Morgan fingerprint density at radius 3 is 2.41 bits per heavy atom. The number of aliphatic hydroxyl groups is 1. The molecule has 0 saturated carbocycles. The largest absolute Gasteiger partial charge is 0.392 e. The average molecular weight is 306 g/mol. The standard InChI is InChI=1S/C17H26N2O3/c1-3-22-16(15-7-5-4-6-8-15)17(21)19-11-9-18(10-12-19)13-14(2)20/h4-8,14,16,20H,3,9-13H2,1-2H3/t14-,16+/m0/s1. The van der Waals surface area contributed by atoms with Crippen LogP contribution < -0.4 is 0 Å². The van der Waals surface area contributed by atoms with Crippen LogP contribution in [-0.2, 0) is 9.53 Å². The number of β-amino-alcohol motifs (C(OH)–C–C–N with tert-alkyl or cyclic N) is 1. The first kappa shape index (κ1) is 16.9. The number of piperazine rings is 1. The number of carbonyl (C=O) groups excluding carboxylic acids is 1. The molecule has 1 aromatic rings. The minimum absolute atomic E-state index is 0.0322. The van der Waals surface area contributed by atoms with Gasteiger partial charge in [0.05, 0.1) is 6.10 Å². The van der Waals surface area contributed by atoms with Crippen LogP contribution in [0.2, 0.25) is 0 Å². The molecule has 1 heterocycles. The van der Waals surface area contributed by atoms with E-state index in [1.807, 2.05) is 42.2 Å². The van der Waals surface area contributed by atoms with Crippen LogP contribution in [0.15, 0.2) is 30.3 Å². The third-order valence-corrected chi connectivity index (χ3v) is 3.87. The van der Waals surface area contributed by atoms with Gasteiger partial charge in [-0.3, -0.25) is 9.69 Å². The van der Waals surface area contributed by atoms with E-state index in [9.17, 15) is 9.90 Å². The second-order valence-corrected chi connectivity index (χ2v) is 5.72. The van der Waals surface area contributed by atoms with Crippen molar-refractivity contribution < 1.29 is 14.6 Å². The van der Waals surface area contributed by atoms with Crippen molar-refractivity contribution in [3.8, 4) is 0 Å². The Bertz CT molecular complexity index is 456. The molecule has 5 heteroatoms. The van der Waals surface area contributed by atoms with Crippen LogP contribution in [0.3, 0.4) is 0 Å². The average Bonchev–Trinajstić information content (AvgIpc) is 2.53. The Morgan fingerprint density at radius 2 is 1.86 bits per heavy atom. The molecule has 0 radical (unpaired) electrons. The van der Waals surface area contributed by atoms with E-state index < -0.39 is 6.10 Å². The predicted molar refractivity (Wildman–Crippen MR) is 85.5 cm³/mol. The maximum Gasteiger partial charge on any atom is 0.256 e. The maximum atomic E-state index is 12.8. The van der Waals surface area contributed by atoms with E-state index in [1.165, 1.54) is 0 Å². The molecule has 1 N–H and O–H groups in total. The molecule has 0 aromatic heterocycles. The molecule has 1 amide bonds. The Kier molecular flexibility index (Phi) is 6.36. The number of hydrogen-bond donors (Lipinski definition) is 1. The number of benzene rings is 1. The van der Waals surface area contributed by atoms with Crippen molar-refractivity contribution in [2.24, 2.45) is 0 Å². The first-order chi connectivity index (χ1) is 10.6. The van der Waals surface area contributed by atoms with Crippen molar-refractivity contribution in [3.05, 3.63) is 35.9 Å². The maximum absolute atomic E-state index is 12.8. The fourth-order valence-electron chi connectivity index (χ4n) is 2.79. The second kappa shape index (κ2) is 8.27. The van der Waals surface area contributed by atoms with E-state index >= 15 is 0 Å². The Balaban J connectivity index is 1.97.